The number of anilines is 4. The van der Waals surface area contributed by atoms with E-state index in [0.29, 0.717) is 20.1 Å². The third kappa shape index (κ3) is 10.2. The summed E-state index contributed by atoms with van der Waals surface area (Å²) in [5.41, 5.74) is 0.129. The molecule has 0 aliphatic carbocycles. The third-order valence-corrected chi connectivity index (χ3v) is 9.81. The molecule has 0 amide bonds. The summed E-state index contributed by atoms with van der Waals surface area (Å²) in [4.78, 5) is 16.3. The summed E-state index contributed by atoms with van der Waals surface area (Å²) in [6.07, 6.45) is 7.41. The van der Waals surface area contributed by atoms with Crippen LogP contribution in [0, 0.1) is 0 Å². The van der Waals surface area contributed by atoms with Gasteiger partial charge in [-0.1, -0.05) is 12.1 Å². The molecule has 0 saturated carbocycles. The fraction of sp³-hybridized carbons (Fsp3) is 0.167. The fourth-order valence-electron chi connectivity index (χ4n) is 3.67. The van der Waals surface area contributed by atoms with Crippen LogP contribution in [0.25, 0.3) is 11.1 Å². The summed E-state index contributed by atoms with van der Waals surface area (Å²) in [5, 5.41) is 8.59. The maximum absolute atomic E-state index is 12.5. The monoisotopic (exact) mass is 732 g/mol. The van der Waals surface area contributed by atoms with Gasteiger partial charge < -0.3 is 10.6 Å². The first-order chi connectivity index (χ1) is 19.8. The fourth-order valence-corrected chi connectivity index (χ4v) is 6.91. The van der Waals surface area contributed by atoms with Crippen molar-refractivity contribution in [1.82, 2.24) is 19.9 Å². The van der Waals surface area contributed by atoms with E-state index in [1.807, 2.05) is 25.0 Å². The van der Waals surface area contributed by atoms with Crippen molar-refractivity contribution in [2.75, 3.05) is 35.7 Å². The van der Waals surface area contributed by atoms with Gasteiger partial charge in [-0.2, -0.15) is 16.8 Å². The molecule has 0 aliphatic heterocycles. The van der Waals surface area contributed by atoms with Gasteiger partial charge in [-0.15, -0.1) is 47.0 Å². The van der Waals surface area contributed by atoms with Crippen LogP contribution in [0.2, 0.25) is 0 Å². The minimum atomic E-state index is -4.86. The van der Waals surface area contributed by atoms with Gasteiger partial charge in [-0.25, -0.2) is 19.9 Å². The van der Waals surface area contributed by atoms with Crippen molar-refractivity contribution in [3.63, 3.8) is 0 Å². The molecule has 0 aliphatic rings. The summed E-state index contributed by atoms with van der Waals surface area (Å²) < 4.78 is 70.0. The second kappa shape index (κ2) is 17.0. The zero-order chi connectivity index (χ0) is 30.7. The number of nitrogens with one attached hydrogen (secondary N) is 2. The summed E-state index contributed by atoms with van der Waals surface area (Å²) in [6, 6.07) is 11.4. The standard InChI is InChI=1S/C24H24N6O6S6.2Na.2H/c1-37-19-11-20(38-2)28-23(27-19)25-13-5-7-15(17(9-13)41(31,32)33)16-8-6-14(10-18(16)42(34,35)36)26-24-29-21(39-3)12-22(30-24)40-4;;;;/h5-12H,1-4H3,(H,25,27,28)(H,26,29,30)(H,31,32,33)(H,34,35,36);;;;. The molecule has 2 aromatic heterocycles. The van der Waals surface area contributed by atoms with E-state index in [-0.39, 0.29) is 93.5 Å². The summed E-state index contributed by atoms with van der Waals surface area (Å²) in [5.74, 6) is 0.401. The average molecular weight is 733 g/mol. The van der Waals surface area contributed by atoms with Crippen LogP contribution < -0.4 is 10.6 Å². The van der Waals surface area contributed by atoms with Crippen LogP contribution >= 0.6 is 47.0 Å². The van der Waals surface area contributed by atoms with Gasteiger partial charge in [0.25, 0.3) is 20.2 Å². The Kier molecular flexibility index (Phi) is 15.3. The van der Waals surface area contributed by atoms with E-state index in [9.17, 15) is 25.9 Å². The van der Waals surface area contributed by atoms with Gasteiger partial charge in [0.2, 0.25) is 11.9 Å². The van der Waals surface area contributed by atoms with Crippen molar-refractivity contribution in [3.05, 3.63) is 48.5 Å². The van der Waals surface area contributed by atoms with Gasteiger partial charge in [-0.3, -0.25) is 9.11 Å². The van der Waals surface area contributed by atoms with E-state index in [1.54, 1.807) is 12.1 Å². The van der Waals surface area contributed by atoms with Crippen LogP contribution in [-0.4, -0.2) is 130 Å². The molecule has 0 spiro atoms. The Morgan fingerprint density at radius 3 is 1.09 bits per heavy atom. The van der Waals surface area contributed by atoms with E-state index in [2.05, 4.69) is 30.6 Å². The summed E-state index contributed by atoms with van der Waals surface area (Å²) in [7, 11) is -9.73. The van der Waals surface area contributed by atoms with Gasteiger partial charge >= 0.3 is 59.1 Å². The molecule has 226 valence electrons. The Morgan fingerprint density at radius 2 is 0.841 bits per heavy atom. The minimum absolute atomic E-state index is 0. The molecule has 12 nitrogen and oxygen atoms in total. The topological polar surface area (TPSA) is 184 Å². The number of rotatable bonds is 11. The second-order valence-corrected chi connectivity index (χ2v) is 14.3. The first kappa shape index (κ1) is 39.6. The van der Waals surface area contributed by atoms with Crippen LogP contribution in [0.1, 0.15) is 0 Å². The Morgan fingerprint density at radius 1 is 0.545 bits per heavy atom. The molecule has 4 N–H and O–H groups in total. The van der Waals surface area contributed by atoms with Crippen molar-refractivity contribution in [3.8, 4) is 11.1 Å². The second-order valence-electron chi connectivity index (χ2n) is 8.17. The number of hydrogen-bond acceptors (Lipinski definition) is 14. The third-order valence-electron chi connectivity index (χ3n) is 5.52. The molecule has 20 heteroatoms. The van der Waals surface area contributed by atoms with E-state index in [1.165, 1.54) is 71.3 Å². The normalized spacial score (nSPS) is 11.3. The van der Waals surface area contributed by atoms with E-state index in [4.69, 9.17) is 0 Å². The molecular weight excluding hydrogens is 707 g/mol. The maximum atomic E-state index is 12.5. The molecule has 0 bridgehead atoms. The predicted molar refractivity (Wildman–Crippen MR) is 184 cm³/mol. The first-order valence-electron chi connectivity index (χ1n) is 11.6. The molecular formula is C24H26N6Na2O6S6. The summed E-state index contributed by atoms with van der Waals surface area (Å²) in [6.45, 7) is 0. The van der Waals surface area contributed by atoms with Gasteiger partial charge in [0.05, 0.1) is 0 Å². The van der Waals surface area contributed by atoms with E-state index >= 15 is 0 Å². The van der Waals surface area contributed by atoms with Crippen molar-refractivity contribution in [1.29, 1.82) is 0 Å². The van der Waals surface area contributed by atoms with Crippen molar-refractivity contribution >= 4 is 150 Å². The van der Waals surface area contributed by atoms with Crippen molar-refractivity contribution < 1.29 is 25.9 Å². The van der Waals surface area contributed by atoms with Crippen LogP contribution in [0.3, 0.4) is 0 Å². The molecule has 44 heavy (non-hydrogen) atoms. The molecule has 4 rings (SSSR count). The van der Waals surface area contributed by atoms with Gasteiger partial charge in [-0.05, 0) is 49.3 Å². The quantitative estimate of drug-likeness (QED) is 0.0731. The Hall–Kier alpha value is -0.580. The van der Waals surface area contributed by atoms with Crippen molar-refractivity contribution in [2.45, 2.75) is 29.9 Å². The van der Waals surface area contributed by atoms with E-state index < -0.39 is 30.0 Å². The first-order valence-corrected chi connectivity index (χ1v) is 19.3. The molecule has 0 radical (unpaired) electrons. The van der Waals surface area contributed by atoms with Crippen LogP contribution in [0.5, 0.6) is 0 Å². The van der Waals surface area contributed by atoms with E-state index in [0.717, 1.165) is 12.1 Å². The summed E-state index contributed by atoms with van der Waals surface area (Å²) >= 11 is 5.61. The SMILES string of the molecule is CSc1cc(SC)nc(Nc2ccc(-c3ccc(Nc4nc(SC)cc(SC)n4)cc3S(=O)(=O)O)c(S(=O)(=O)O)c2)n1.[NaH].[NaH]. The van der Waals surface area contributed by atoms with Gasteiger partial charge in [0, 0.05) is 34.6 Å². The number of hydrogen-bond donors (Lipinski definition) is 4. The van der Waals surface area contributed by atoms with Gasteiger partial charge in [0.15, 0.2) is 0 Å². The zero-order valence-corrected chi connectivity index (χ0v) is 27.3. The predicted octanol–water partition coefficient (Wildman–Crippen LogP) is 4.50. The molecule has 0 atom stereocenters. The molecule has 2 aromatic carbocycles. The van der Waals surface area contributed by atoms with Crippen molar-refractivity contribution in [2.24, 2.45) is 0 Å². The molecule has 0 saturated heterocycles. The number of aromatic nitrogens is 4. The number of benzene rings is 2. The average Bonchev–Trinajstić information content (AvgIpc) is 2.95. The molecule has 4 aromatic rings. The van der Waals surface area contributed by atoms with Crippen LogP contribution in [0.15, 0.2) is 78.4 Å². The van der Waals surface area contributed by atoms with Crippen LogP contribution in [0.4, 0.5) is 23.3 Å². The molecule has 0 unspecified atom stereocenters. The Labute approximate surface area is 317 Å². The van der Waals surface area contributed by atoms with Crippen LogP contribution in [-0.2, 0) is 20.2 Å². The number of nitrogens with zero attached hydrogens (tertiary/aromatic N) is 4. The zero-order valence-electron chi connectivity index (χ0n) is 22.4. The molecule has 2 heterocycles. The van der Waals surface area contributed by atoms with Gasteiger partial charge in [0.1, 0.15) is 29.9 Å². The molecule has 0 fully saturated rings. The Bertz CT molecular complexity index is 1690. The Balaban J connectivity index is 0.00000337. The number of thioether (sulfide) groups is 4.